The molecule has 0 bridgehead atoms. The molecule has 0 radical (unpaired) electrons. The molecule has 17 heavy (non-hydrogen) atoms. The van der Waals surface area contributed by atoms with Gasteiger partial charge in [-0.15, -0.1) is 0 Å². The molecule has 0 unspecified atom stereocenters. The highest BCUT2D eigenvalue weighted by Gasteiger charge is 2.04. The van der Waals surface area contributed by atoms with Gasteiger partial charge in [0, 0.05) is 26.6 Å². The number of carbonyl (C=O) groups excluding carboxylic acids is 1. The van der Waals surface area contributed by atoms with Crippen molar-refractivity contribution in [3.05, 3.63) is 35.4 Å². The maximum Gasteiger partial charge on any atom is 0.137 e. The number of ketones is 1. The van der Waals surface area contributed by atoms with Gasteiger partial charge in [0.05, 0.1) is 0 Å². The summed E-state index contributed by atoms with van der Waals surface area (Å²) in [5.41, 5.74) is 2.43. The maximum absolute atomic E-state index is 11.7. The average Bonchev–Trinajstić information content (AvgIpc) is 2.30. The lowest BCUT2D eigenvalue weighted by atomic mass is 9.99. The Kier molecular flexibility index (Phi) is 5.92. The van der Waals surface area contributed by atoms with Crippen LogP contribution in [0.25, 0.3) is 0 Å². The highest BCUT2D eigenvalue weighted by molar-refractivity contribution is 5.80. The number of rotatable bonds is 7. The molecule has 0 amide bonds. The summed E-state index contributed by atoms with van der Waals surface area (Å²) >= 11 is 0. The Bertz CT molecular complexity index is 338. The molecule has 0 atom stereocenters. The van der Waals surface area contributed by atoms with Crippen molar-refractivity contribution in [1.82, 2.24) is 0 Å². The van der Waals surface area contributed by atoms with Crippen LogP contribution in [0.15, 0.2) is 24.3 Å². The highest BCUT2D eigenvalue weighted by Crippen LogP contribution is 2.15. The van der Waals surface area contributed by atoms with Crippen LogP contribution in [-0.2, 0) is 16.0 Å². The zero-order chi connectivity index (χ0) is 12.7. The molecule has 2 heteroatoms. The van der Waals surface area contributed by atoms with Gasteiger partial charge in [0.15, 0.2) is 0 Å². The lowest BCUT2D eigenvalue weighted by Crippen LogP contribution is -2.04. The van der Waals surface area contributed by atoms with E-state index in [1.54, 1.807) is 7.11 Å². The van der Waals surface area contributed by atoms with Crippen LogP contribution in [0.2, 0.25) is 0 Å². The van der Waals surface area contributed by atoms with Crippen LogP contribution in [0.3, 0.4) is 0 Å². The number of methoxy groups -OCH3 is 1. The fraction of sp³-hybridized carbons (Fsp3) is 0.533. The molecule has 0 heterocycles. The molecule has 0 aliphatic heterocycles. The lowest BCUT2D eigenvalue weighted by Gasteiger charge is -2.06. The molecule has 0 saturated heterocycles. The number of carbonyl (C=O) groups is 1. The van der Waals surface area contributed by atoms with Crippen molar-refractivity contribution in [3.8, 4) is 0 Å². The van der Waals surface area contributed by atoms with Crippen molar-refractivity contribution in [2.24, 2.45) is 0 Å². The van der Waals surface area contributed by atoms with E-state index in [0.29, 0.717) is 31.1 Å². The van der Waals surface area contributed by atoms with E-state index in [9.17, 15) is 4.79 Å². The first-order valence-electron chi connectivity index (χ1n) is 6.23. The number of hydrogen-bond donors (Lipinski definition) is 0. The molecule has 0 spiro atoms. The van der Waals surface area contributed by atoms with Crippen molar-refractivity contribution >= 4 is 5.78 Å². The van der Waals surface area contributed by atoms with Gasteiger partial charge in [0.2, 0.25) is 0 Å². The van der Waals surface area contributed by atoms with Crippen LogP contribution < -0.4 is 0 Å². The SMILES string of the molecule is COCCCC(=O)Cc1ccc(C(C)C)cc1. The molecule has 1 rings (SSSR count). The van der Waals surface area contributed by atoms with Crippen LogP contribution in [0.4, 0.5) is 0 Å². The minimum Gasteiger partial charge on any atom is -0.385 e. The molecule has 0 aliphatic rings. The van der Waals surface area contributed by atoms with Crippen molar-refractivity contribution in [2.75, 3.05) is 13.7 Å². The molecule has 94 valence electrons. The van der Waals surface area contributed by atoms with Gasteiger partial charge >= 0.3 is 0 Å². The second-order valence-corrected chi connectivity index (χ2v) is 4.71. The summed E-state index contributed by atoms with van der Waals surface area (Å²) in [7, 11) is 1.66. The van der Waals surface area contributed by atoms with E-state index in [2.05, 4.69) is 38.1 Å². The fourth-order valence-electron chi connectivity index (χ4n) is 1.75. The van der Waals surface area contributed by atoms with Gasteiger partial charge in [-0.25, -0.2) is 0 Å². The molecular formula is C15H22O2. The summed E-state index contributed by atoms with van der Waals surface area (Å²) in [6.07, 6.45) is 1.97. The molecular weight excluding hydrogens is 212 g/mol. The normalized spacial score (nSPS) is 10.8. The Morgan fingerprint density at radius 1 is 1.24 bits per heavy atom. The predicted octanol–water partition coefficient (Wildman–Crippen LogP) is 3.35. The number of ether oxygens (including phenoxy) is 1. The molecule has 2 nitrogen and oxygen atoms in total. The number of hydrogen-bond acceptors (Lipinski definition) is 2. The summed E-state index contributed by atoms with van der Waals surface area (Å²) in [5, 5.41) is 0. The summed E-state index contributed by atoms with van der Waals surface area (Å²) < 4.78 is 4.93. The van der Waals surface area contributed by atoms with Crippen LogP contribution in [0.5, 0.6) is 0 Å². The Hall–Kier alpha value is -1.15. The summed E-state index contributed by atoms with van der Waals surface area (Å²) in [5.74, 6) is 0.834. The average molecular weight is 234 g/mol. The highest BCUT2D eigenvalue weighted by atomic mass is 16.5. The quantitative estimate of drug-likeness (QED) is 0.676. The summed E-state index contributed by atoms with van der Waals surface area (Å²) in [6, 6.07) is 8.35. The first kappa shape index (κ1) is 13.9. The smallest absolute Gasteiger partial charge is 0.137 e. The van der Waals surface area contributed by atoms with Gasteiger partial charge in [-0.2, -0.15) is 0 Å². The first-order valence-corrected chi connectivity index (χ1v) is 6.23. The summed E-state index contributed by atoms with van der Waals surface area (Å²) in [4.78, 5) is 11.7. The van der Waals surface area contributed by atoms with Gasteiger partial charge in [0.25, 0.3) is 0 Å². The molecule has 0 aromatic heterocycles. The van der Waals surface area contributed by atoms with E-state index in [4.69, 9.17) is 4.74 Å². The standard InChI is InChI=1S/C15H22O2/c1-12(2)14-8-6-13(7-9-14)11-15(16)5-4-10-17-3/h6-9,12H,4-5,10-11H2,1-3H3. The lowest BCUT2D eigenvalue weighted by molar-refractivity contribution is -0.118. The van der Waals surface area contributed by atoms with Gasteiger partial charge in [0.1, 0.15) is 5.78 Å². The van der Waals surface area contributed by atoms with Gasteiger partial charge in [-0.1, -0.05) is 38.1 Å². The van der Waals surface area contributed by atoms with Crippen molar-refractivity contribution in [1.29, 1.82) is 0 Å². The van der Waals surface area contributed by atoms with E-state index in [1.807, 2.05) is 0 Å². The number of benzene rings is 1. The van der Waals surface area contributed by atoms with E-state index in [1.165, 1.54) is 5.56 Å². The number of Topliss-reactive ketones (excluding diaryl/α,β-unsaturated/α-hetero) is 1. The topological polar surface area (TPSA) is 26.3 Å². The predicted molar refractivity (Wildman–Crippen MR) is 70.4 cm³/mol. The van der Waals surface area contributed by atoms with E-state index in [-0.39, 0.29) is 0 Å². The molecule has 0 fully saturated rings. The van der Waals surface area contributed by atoms with Crippen LogP contribution in [0, 0.1) is 0 Å². The van der Waals surface area contributed by atoms with Crippen LogP contribution >= 0.6 is 0 Å². The first-order chi connectivity index (χ1) is 8.13. The zero-order valence-corrected chi connectivity index (χ0v) is 11.0. The minimum atomic E-state index is 0.291. The Morgan fingerprint density at radius 3 is 2.41 bits per heavy atom. The third-order valence-corrected chi connectivity index (χ3v) is 2.85. The van der Waals surface area contributed by atoms with Gasteiger partial charge in [-0.05, 0) is 23.5 Å². The van der Waals surface area contributed by atoms with Gasteiger partial charge < -0.3 is 4.74 Å². The van der Waals surface area contributed by atoms with Crippen molar-refractivity contribution in [2.45, 2.75) is 39.0 Å². The van der Waals surface area contributed by atoms with Gasteiger partial charge in [-0.3, -0.25) is 4.79 Å². The minimum absolute atomic E-state index is 0.291. The van der Waals surface area contributed by atoms with Crippen molar-refractivity contribution in [3.63, 3.8) is 0 Å². The summed E-state index contributed by atoms with van der Waals surface area (Å²) in [6.45, 7) is 5.01. The van der Waals surface area contributed by atoms with E-state index < -0.39 is 0 Å². The molecule has 1 aromatic rings. The second kappa shape index (κ2) is 7.23. The largest absolute Gasteiger partial charge is 0.385 e. The van der Waals surface area contributed by atoms with Crippen LogP contribution in [-0.4, -0.2) is 19.5 Å². The van der Waals surface area contributed by atoms with E-state index >= 15 is 0 Å². The third kappa shape index (κ3) is 5.14. The zero-order valence-electron chi connectivity index (χ0n) is 11.0. The monoisotopic (exact) mass is 234 g/mol. The Balaban J connectivity index is 2.43. The van der Waals surface area contributed by atoms with Crippen molar-refractivity contribution < 1.29 is 9.53 Å². The molecule has 0 saturated carbocycles. The third-order valence-electron chi connectivity index (χ3n) is 2.85. The fourth-order valence-corrected chi connectivity index (χ4v) is 1.75. The Labute approximate surface area is 104 Å². The molecule has 0 N–H and O–H groups in total. The molecule has 0 aliphatic carbocycles. The van der Waals surface area contributed by atoms with Crippen LogP contribution in [0.1, 0.15) is 43.7 Å². The Morgan fingerprint density at radius 2 is 1.88 bits per heavy atom. The molecule has 1 aromatic carbocycles. The van der Waals surface area contributed by atoms with E-state index in [0.717, 1.165) is 12.0 Å². The maximum atomic E-state index is 11.7. The second-order valence-electron chi connectivity index (χ2n) is 4.71.